The first-order valence-corrected chi connectivity index (χ1v) is 11.7. The normalized spacial score (nSPS) is 44.6. The van der Waals surface area contributed by atoms with Crippen LogP contribution in [0.25, 0.3) is 0 Å². The molecule has 162 valence electrons. The van der Waals surface area contributed by atoms with E-state index in [1.165, 1.54) is 46.0 Å². The van der Waals surface area contributed by atoms with Gasteiger partial charge >= 0.3 is 11.9 Å². The molecule has 3 saturated carbocycles. The summed E-state index contributed by atoms with van der Waals surface area (Å²) in [6, 6.07) is 0. The molecule has 0 aliphatic heterocycles. The van der Waals surface area contributed by atoms with E-state index in [-0.39, 0.29) is 29.6 Å². The fourth-order valence-corrected chi connectivity index (χ4v) is 8.16. The molecule has 0 saturated heterocycles. The average Bonchev–Trinajstić information content (AvgIpc) is 2.98. The van der Waals surface area contributed by atoms with Gasteiger partial charge in [0.2, 0.25) is 0 Å². The molecule has 0 N–H and O–H groups in total. The standard InChI is InChI=1S/C25H38O4/c1-15(28-16(2)26)21-8-9-22-20-7-6-18-14-19(29-17(3)27)10-12-24(18,4)23(20)11-13-25(21,22)5/h14-15,19-23H,6-13H2,1-5H3/t15?,19-,20?,21+,22?,23?,24-,25+/m0/s1. The highest BCUT2D eigenvalue weighted by Gasteiger charge is 2.60. The molecule has 4 aliphatic carbocycles. The van der Waals surface area contributed by atoms with Crippen LogP contribution in [0.5, 0.6) is 0 Å². The zero-order valence-electron chi connectivity index (χ0n) is 18.8. The highest BCUT2D eigenvalue weighted by Crippen LogP contribution is 2.67. The van der Waals surface area contributed by atoms with Crippen molar-refractivity contribution in [2.75, 3.05) is 0 Å². The van der Waals surface area contributed by atoms with E-state index in [0.717, 1.165) is 37.0 Å². The van der Waals surface area contributed by atoms with E-state index in [9.17, 15) is 9.59 Å². The lowest BCUT2D eigenvalue weighted by molar-refractivity contribution is -0.153. The van der Waals surface area contributed by atoms with Crippen molar-refractivity contribution in [3.8, 4) is 0 Å². The topological polar surface area (TPSA) is 52.6 Å². The van der Waals surface area contributed by atoms with E-state index < -0.39 is 0 Å². The van der Waals surface area contributed by atoms with Gasteiger partial charge in [0.15, 0.2) is 0 Å². The molecule has 0 spiro atoms. The summed E-state index contributed by atoms with van der Waals surface area (Å²) in [5.41, 5.74) is 2.10. The van der Waals surface area contributed by atoms with Gasteiger partial charge in [0, 0.05) is 19.8 Å². The minimum absolute atomic E-state index is 0.0212. The summed E-state index contributed by atoms with van der Waals surface area (Å²) in [5.74, 6) is 2.42. The molecule has 4 aliphatic rings. The predicted octanol–water partition coefficient (Wildman–Crippen LogP) is 5.45. The molecule has 0 heterocycles. The Morgan fingerprint density at radius 2 is 1.76 bits per heavy atom. The third-order valence-corrected chi connectivity index (χ3v) is 9.38. The number of carbonyl (C=O) groups is 2. The number of carbonyl (C=O) groups excluding carboxylic acids is 2. The van der Waals surface area contributed by atoms with Gasteiger partial charge < -0.3 is 9.47 Å². The van der Waals surface area contributed by atoms with Crippen LogP contribution in [0.4, 0.5) is 0 Å². The van der Waals surface area contributed by atoms with Crippen molar-refractivity contribution in [3.63, 3.8) is 0 Å². The van der Waals surface area contributed by atoms with Crippen LogP contribution in [0.1, 0.15) is 86.0 Å². The molecule has 4 heteroatoms. The van der Waals surface area contributed by atoms with Gasteiger partial charge in [-0.2, -0.15) is 0 Å². The van der Waals surface area contributed by atoms with Crippen molar-refractivity contribution in [1.82, 2.24) is 0 Å². The monoisotopic (exact) mass is 402 g/mol. The van der Waals surface area contributed by atoms with Crippen molar-refractivity contribution in [1.29, 1.82) is 0 Å². The third kappa shape index (κ3) is 3.45. The molecular weight excluding hydrogens is 364 g/mol. The Balaban J connectivity index is 1.54. The largest absolute Gasteiger partial charge is 0.463 e. The van der Waals surface area contributed by atoms with Gasteiger partial charge in [0.1, 0.15) is 12.2 Å². The fraction of sp³-hybridized carbons (Fsp3) is 0.840. The Kier molecular flexibility index (Phi) is 5.36. The van der Waals surface area contributed by atoms with E-state index in [4.69, 9.17) is 9.47 Å². The molecule has 0 aromatic heterocycles. The van der Waals surface area contributed by atoms with Gasteiger partial charge in [-0.3, -0.25) is 9.59 Å². The van der Waals surface area contributed by atoms with Crippen LogP contribution < -0.4 is 0 Å². The number of allylic oxidation sites excluding steroid dienone is 1. The summed E-state index contributed by atoms with van der Waals surface area (Å²) in [7, 11) is 0. The second kappa shape index (κ2) is 7.42. The van der Waals surface area contributed by atoms with Gasteiger partial charge in [0.05, 0.1) is 0 Å². The van der Waals surface area contributed by atoms with Crippen LogP contribution in [-0.2, 0) is 19.1 Å². The van der Waals surface area contributed by atoms with Crippen LogP contribution >= 0.6 is 0 Å². The number of ether oxygens (including phenoxy) is 2. The van der Waals surface area contributed by atoms with Gasteiger partial charge in [-0.1, -0.05) is 19.4 Å². The second-order valence-electron chi connectivity index (χ2n) is 10.8. The Bertz CT molecular complexity index is 712. The molecule has 0 amide bonds. The van der Waals surface area contributed by atoms with Crippen molar-refractivity contribution in [2.45, 2.75) is 98.2 Å². The van der Waals surface area contributed by atoms with Crippen molar-refractivity contribution in [3.05, 3.63) is 11.6 Å². The molecule has 0 bridgehead atoms. The highest BCUT2D eigenvalue weighted by molar-refractivity contribution is 5.66. The summed E-state index contributed by atoms with van der Waals surface area (Å²) >= 11 is 0. The van der Waals surface area contributed by atoms with E-state index >= 15 is 0 Å². The SMILES string of the molecule is CC(=O)OC(C)[C@H]1CCC2C3CCC4=C[C@@H](OC(C)=O)CC[C@]4(C)C3CC[C@@]21C. The molecule has 29 heavy (non-hydrogen) atoms. The first-order valence-electron chi connectivity index (χ1n) is 11.7. The maximum atomic E-state index is 11.5. The summed E-state index contributed by atoms with van der Waals surface area (Å²) < 4.78 is 11.2. The van der Waals surface area contributed by atoms with Crippen LogP contribution in [0.2, 0.25) is 0 Å². The quantitative estimate of drug-likeness (QED) is 0.465. The first-order chi connectivity index (χ1) is 13.6. The first kappa shape index (κ1) is 20.9. The summed E-state index contributed by atoms with van der Waals surface area (Å²) in [6.45, 7) is 10.1. The molecule has 0 radical (unpaired) electrons. The predicted molar refractivity (Wildman–Crippen MR) is 112 cm³/mol. The Morgan fingerprint density at radius 1 is 1.00 bits per heavy atom. The Hall–Kier alpha value is -1.32. The molecule has 3 fully saturated rings. The van der Waals surface area contributed by atoms with Crippen LogP contribution in [0, 0.1) is 34.5 Å². The summed E-state index contributed by atoms with van der Waals surface area (Å²) in [4.78, 5) is 22.9. The van der Waals surface area contributed by atoms with Gasteiger partial charge in [-0.25, -0.2) is 0 Å². The maximum absolute atomic E-state index is 11.5. The lowest BCUT2D eigenvalue weighted by atomic mass is 9.46. The van der Waals surface area contributed by atoms with Crippen molar-refractivity contribution < 1.29 is 19.1 Å². The number of fused-ring (bicyclic) bond motifs is 5. The van der Waals surface area contributed by atoms with Crippen LogP contribution in [0.3, 0.4) is 0 Å². The van der Waals surface area contributed by atoms with Gasteiger partial charge in [-0.05, 0) is 93.0 Å². The molecule has 4 rings (SSSR count). The number of hydrogen-bond acceptors (Lipinski definition) is 4. The smallest absolute Gasteiger partial charge is 0.303 e. The zero-order valence-corrected chi connectivity index (χ0v) is 18.8. The van der Waals surface area contributed by atoms with E-state index in [2.05, 4.69) is 26.8 Å². The zero-order chi connectivity index (χ0) is 21.0. The fourth-order valence-electron chi connectivity index (χ4n) is 8.16. The summed E-state index contributed by atoms with van der Waals surface area (Å²) in [5, 5.41) is 0. The van der Waals surface area contributed by atoms with E-state index in [0.29, 0.717) is 11.3 Å². The van der Waals surface area contributed by atoms with Crippen molar-refractivity contribution in [2.24, 2.45) is 34.5 Å². The number of rotatable bonds is 3. The lowest BCUT2D eigenvalue weighted by Crippen LogP contribution is -2.51. The van der Waals surface area contributed by atoms with E-state index in [1.54, 1.807) is 5.57 Å². The molecule has 8 atom stereocenters. The molecule has 0 aromatic rings. The Labute approximate surface area is 175 Å². The lowest BCUT2D eigenvalue weighted by Gasteiger charge is -2.58. The van der Waals surface area contributed by atoms with Crippen LogP contribution in [-0.4, -0.2) is 24.1 Å². The average molecular weight is 403 g/mol. The summed E-state index contributed by atoms with van der Waals surface area (Å²) in [6.07, 6.45) is 11.7. The van der Waals surface area contributed by atoms with E-state index in [1.807, 2.05) is 0 Å². The molecule has 4 unspecified atom stereocenters. The second-order valence-corrected chi connectivity index (χ2v) is 10.8. The molecule has 0 aromatic carbocycles. The number of hydrogen-bond donors (Lipinski definition) is 0. The minimum Gasteiger partial charge on any atom is -0.463 e. The highest BCUT2D eigenvalue weighted by atomic mass is 16.5. The molecule has 4 nitrogen and oxygen atoms in total. The number of esters is 2. The third-order valence-electron chi connectivity index (χ3n) is 9.38. The maximum Gasteiger partial charge on any atom is 0.303 e. The van der Waals surface area contributed by atoms with Gasteiger partial charge in [-0.15, -0.1) is 0 Å². The van der Waals surface area contributed by atoms with Gasteiger partial charge in [0.25, 0.3) is 0 Å². The minimum atomic E-state index is -0.170. The molecular formula is C25H38O4. The van der Waals surface area contributed by atoms with Crippen molar-refractivity contribution >= 4 is 11.9 Å². The Morgan fingerprint density at radius 3 is 2.45 bits per heavy atom. The van der Waals surface area contributed by atoms with Crippen LogP contribution in [0.15, 0.2) is 11.6 Å².